The van der Waals surface area contributed by atoms with Crippen molar-refractivity contribution >= 4 is 0 Å². The molecule has 0 saturated carbocycles. The van der Waals surface area contributed by atoms with E-state index < -0.39 is 11.9 Å². The lowest BCUT2D eigenvalue weighted by atomic mass is 10.1. The van der Waals surface area contributed by atoms with Gasteiger partial charge in [0.05, 0.1) is 6.54 Å². The molecule has 1 N–H and O–H groups in total. The Labute approximate surface area is 82.9 Å². The monoisotopic (exact) mass is 219 g/mol. The van der Waals surface area contributed by atoms with Gasteiger partial charge >= 0.3 is 6.18 Å². The number of hydrogen-bond donors (Lipinski definition) is 1. The molecule has 1 heterocycles. The first kappa shape index (κ1) is 11.4. The van der Waals surface area contributed by atoms with Gasteiger partial charge in [0.2, 0.25) is 0 Å². The molecule has 0 atom stereocenters. The van der Waals surface area contributed by atoms with E-state index in [1.165, 1.54) is 0 Å². The Morgan fingerprint density at radius 1 is 1.53 bits per heavy atom. The van der Waals surface area contributed by atoms with Crippen LogP contribution in [0.25, 0.3) is 10.4 Å². The van der Waals surface area contributed by atoms with Crippen LogP contribution < -0.4 is 0 Å². The van der Waals surface area contributed by atoms with E-state index in [9.17, 15) is 13.2 Å². The third kappa shape index (κ3) is 2.41. The zero-order valence-corrected chi connectivity index (χ0v) is 7.84. The fourth-order valence-corrected chi connectivity index (χ4v) is 1.20. The van der Waals surface area contributed by atoms with Crippen molar-refractivity contribution in [3.8, 4) is 0 Å². The second-order valence-electron chi connectivity index (χ2n) is 2.77. The summed E-state index contributed by atoms with van der Waals surface area (Å²) in [5.74, 6) is 0. The molecule has 0 spiro atoms. The minimum Gasteiger partial charge on any atom is -0.282 e. The molecule has 0 unspecified atom stereocenters. The molecule has 0 aliphatic rings. The normalized spacial score (nSPS) is 11.2. The highest BCUT2D eigenvalue weighted by Gasteiger charge is 2.37. The zero-order chi connectivity index (χ0) is 11.5. The number of alkyl halides is 3. The van der Waals surface area contributed by atoms with E-state index in [0.29, 0.717) is 12.1 Å². The van der Waals surface area contributed by atoms with Crippen LogP contribution in [0.5, 0.6) is 0 Å². The molecule has 15 heavy (non-hydrogen) atoms. The summed E-state index contributed by atoms with van der Waals surface area (Å²) in [5.41, 5.74) is 7.32. The summed E-state index contributed by atoms with van der Waals surface area (Å²) < 4.78 is 37.2. The van der Waals surface area contributed by atoms with Crippen LogP contribution in [0.2, 0.25) is 0 Å². The number of aromatic nitrogens is 2. The first-order valence-corrected chi connectivity index (χ1v) is 4.14. The van der Waals surface area contributed by atoms with Crippen LogP contribution in [0, 0.1) is 0 Å². The van der Waals surface area contributed by atoms with Gasteiger partial charge in [0, 0.05) is 16.2 Å². The summed E-state index contributed by atoms with van der Waals surface area (Å²) >= 11 is 0. The molecule has 1 aromatic heterocycles. The molecular weight excluding hydrogens is 211 g/mol. The summed E-state index contributed by atoms with van der Waals surface area (Å²) in [7, 11) is 0. The second-order valence-corrected chi connectivity index (χ2v) is 2.77. The molecule has 5 nitrogen and oxygen atoms in total. The first-order chi connectivity index (χ1) is 7.00. The third-order valence-electron chi connectivity index (χ3n) is 1.87. The number of hydrogen-bond acceptors (Lipinski definition) is 2. The van der Waals surface area contributed by atoms with Crippen molar-refractivity contribution in [3.63, 3.8) is 0 Å². The molecule has 0 radical (unpaired) electrons. The highest BCUT2D eigenvalue weighted by molar-refractivity contribution is 5.27. The number of rotatable bonds is 3. The Kier molecular flexibility index (Phi) is 3.21. The maximum atomic E-state index is 12.4. The van der Waals surface area contributed by atoms with Gasteiger partial charge in [0.1, 0.15) is 0 Å². The molecule has 0 aliphatic heterocycles. The number of aryl methyl sites for hydroxylation is 1. The van der Waals surface area contributed by atoms with Crippen LogP contribution in [0.1, 0.15) is 23.9 Å². The maximum absolute atomic E-state index is 12.4. The van der Waals surface area contributed by atoms with Crippen molar-refractivity contribution < 1.29 is 13.2 Å². The Hall–Kier alpha value is -1.69. The molecule has 0 bridgehead atoms. The number of azide groups is 1. The van der Waals surface area contributed by atoms with Crippen LogP contribution in [0.4, 0.5) is 13.2 Å². The molecule has 8 heteroatoms. The van der Waals surface area contributed by atoms with Crippen molar-refractivity contribution in [2.75, 3.05) is 0 Å². The van der Waals surface area contributed by atoms with Crippen molar-refractivity contribution in [2.24, 2.45) is 5.11 Å². The Balaban J connectivity index is 3.16. The molecule has 0 saturated heterocycles. The van der Waals surface area contributed by atoms with Crippen LogP contribution in [-0.4, -0.2) is 10.2 Å². The van der Waals surface area contributed by atoms with Gasteiger partial charge in [0.25, 0.3) is 0 Å². The molecule has 0 amide bonds. The fraction of sp³-hybridized carbons (Fsp3) is 0.571. The zero-order valence-electron chi connectivity index (χ0n) is 7.84. The molecule has 82 valence electrons. The van der Waals surface area contributed by atoms with Gasteiger partial charge in [0.15, 0.2) is 5.69 Å². The van der Waals surface area contributed by atoms with Gasteiger partial charge < -0.3 is 0 Å². The average molecular weight is 219 g/mol. The second kappa shape index (κ2) is 4.22. The van der Waals surface area contributed by atoms with E-state index in [-0.39, 0.29) is 12.1 Å². The maximum Gasteiger partial charge on any atom is 0.435 e. The average Bonchev–Trinajstić information content (AvgIpc) is 2.56. The lowest BCUT2D eigenvalue weighted by Gasteiger charge is -2.04. The van der Waals surface area contributed by atoms with Gasteiger partial charge in [-0.2, -0.15) is 18.3 Å². The van der Waals surface area contributed by atoms with Crippen LogP contribution in [-0.2, 0) is 19.1 Å². The minimum absolute atomic E-state index is 0.0807. The van der Waals surface area contributed by atoms with E-state index in [4.69, 9.17) is 5.53 Å². The highest BCUT2D eigenvalue weighted by atomic mass is 19.4. The van der Waals surface area contributed by atoms with Crippen molar-refractivity contribution in [2.45, 2.75) is 26.1 Å². The van der Waals surface area contributed by atoms with E-state index in [1.807, 2.05) is 0 Å². The summed E-state index contributed by atoms with van der Waals surface area (Å²) in [4.78, 5) is 2.43. The Morgan fingerprint density at radius 3 is 2.67 bits per heavy atom. The predicted octanol–water partition coefficient (Wildman–Crippen LogP) is 2.80. The molecule has 0 aromatic carbocycles. The Bertz CT molecular complexity index is 388. The van der Waals surface area contributed by atoms with Gasteiger partial charge in [-0.05, 0) is 12.0 Å². The van der Waals surface area contributed by atoms with E-state index >= 15 is 0 Å². The van der Waals surface area contributed by atoms with E-state index in [2.05, 4.69) is 20.2 Å². The van der Waals surface area contributed by atoms with E-state index in [1.54, 1.807) is 6.92 Å². The van der Waals surface area contributed by atoms with Gasteiger partial charge in [-0.3, -0.25) is 5.10 Å². The van der Waals surface area contributed by atoms with E-state index in [0.717, 1.165) is 0 Å². The highest BCUT2D eigenvalue weighted by Crippen LogP contribution is 2.32. The largest absolute Gasteiger partial charge is 0.435 e. The van der Waals surface area contributed by atoms with Gasteiger partial charge in [-0.15, -0.1) is 0 Å². The molecule has 1 rings (SSSR count). The number of aromatic amines is 1. The summed E-state index contributed by atoms with van der Waals surface area (Å²) in [6.45, 7) is 1.35. The number of halogens is 3. The smallest absolute Gasteiger partial charge is 0.282 e. The lowest BCUT2D eigenvalue weighted by molar-refractivity contribution is -0.141. The fourth-order valence-electron chi connectivity index (χ4n) is 1.20. The number of nitrogens with zero attached hydrogens (tertiary/aromatic N) is 4. The molecule has 0 fully saturated rings. The van der Waals surface area contributed by atoms with Crippen LogP contribution >= 0.6 is 0 Å². The molecule has 0 aliphatic carbocycles. The molecule has 1 aromatic rings. The lowest BCUT2D eigenvalue weighted by Crippen LogP contribution is -2.09. The SMILES string of the molecule is CCc1[nH]nc(C(F)(F)F)c1CN=[N+]=[N-]. The minimum atomic E-state index is -4.52. The Morgan fingerprint density at radius 2 is 2.20 bits per heavy atom. The summed E-state index contributed by atoms with van der Waals surface area (Å²) in [5, 5.41) is 8.58. The quantitative estimate of drug-likeness (QED) is 0.473. The first-order valence-electron chi connectivity index (χ1n) is 4.14. The van der Waals surface area contributed by atoms with Crippen molar-refractivity contribution in [1.82, 2.24) is 10.2 Å². The summed E-state index contributed by atoms with van der Waals surface area (Å²) in [6.07, 6.45) is -4.15. The summed E-state index contributed by atoms with van der Waals surface area (Å²) in [6, 6.07) is 0. The molecular formula is C7H8F3N5. The number of nitrogens with one attached hydrogen (secondary N) is 1. The van der Waals surface area contributed by atoms with Crippen molar-refractivity contribution in [1.29, 1.82) is 0 Å². The predicted molar refractivity (Wildman–Crippen MR) is 45.8 cm³/mol. The number of H-pyrrole nitrogens is 1. The third-order valence-corrected chi connectivity index (χ3v) is 1.87. The van der Waals surface area contributed by atoms with Gasteiger partial charge in [-0.1, -0.05) is 12.0 Å². The van der Waals surface area contributed by atoms with Crippen LogP contribution in [0.3, 0.4) is 0 Å². The topological polar surface area (TPSA) is 77.4 Å². The standard InChI is InChI=1S/C7H8F3N5/c1-2-5-4(3-12-15-11)6(14-13-5)7(8,9)10/h2-3H2,1H3,(H,13,14). The van der Waals surface area contributed by atoms with Gasteiger partial charge in [-0.25, -0.2) is 0 Å². The van der Waals surface area contributed by atoms with Crippen molar-refractivity contribution in [3.05, 3.63) is 27.4 Å². The van der Waals surface area contributed by atoms with Crippen LogP contribution in [0.15, 0.2) is 5.11 Å².